The Hall–Kier alpha value is -2.82. The van der Waals surface area contributed by atoms with Gasteiger partial charge in [0.05, 0.1) is 12.8 Å². The zero-order valence-corrected chi connectivity index (χ0v) is 16.6. The van der Waals surface area contributed by atoms with Crippen molar-refractivity contribution in [3.8, 4) is 5.75 Å². The minimum Gasteiger partial charge on any atom is -0.497 e. The van der Waals surface area contributed by atoms with Gasteiger partial charge in [-0.05, 0) is 68.1 Å². The van der Waals surface area contributed by atoms with Gasteiger partial charge in [0.1, 0.15) is 5.75 Å². The third kappa shape index (κ3) is 3.88. The van der Waals surface area contributed by atoms with Gasteiger partial charge in [-0.1, -0.05) is 12.1 Å². The highest BCUT2D eigenvalue weighted by Crippen LogP contribution is 2.26. The van der Waals surface area contributed by atoms with Crippen LogP contribution in [0.3, 0.4) is 0 Å². The number of carbonyl (C=O) groups is 1. The summed E-state index contributed by atoms with van der Waals surface area (Å²) in [5.74, 6) is 0.988. The normalized spacial score (nSPS) is 19.1. The number of amides is 1. The number of carbonyl (C=O) groups excluding carboxylic acids is 1. The van der Waals surface area contributed by atoms with Crippen LogP contribution in [0.1, 0.15) is 42.1 Å². The molecule has 2 aromatic carbocycles. The summed E-state index contributed by atoms with van der Waals surface area (Å²) in [5, 5.41) is 6.53. The Balaban J connectivity index is 1.45. The molecule has 0 bridgehead atoms. The summed E-state index contributed by atoms with van der Waals surface area (Å²) in [4.78, 5) is 15.1. The summed E-state index contributed by atoms with van der Waals surface area (Å²) in [7, 11) is 1.68. The zero-order chi connectivity index (χ0) is 19.5. The first kappa shape index (κ1) is 18.5. The van der Waals surface area contributed by atoms with Crippen molar-refractivity contribution in [1.29, 1.82) is 0 Å². The van der Waals surface area contributed by atoms with Gasteiger partial charge in [-0.2, -0.15) is 5.10 Å². The van der Waals surface area contributed by atoms with Crippen molar-refractivity contribution < 1.29 is 9.53 Å². The number of likely N-dealkylation sites (tertiary alicyclic amines) is 1. The van der Waals surface area contributed by atoms with Gasteiger partial charge in [0.15, 0.2) is 0 Å². The molecule has 1 unspecified atom stereocenters. The van der Waals surface area contributed by atoms with Crippen molar-refractivity contribution >= 4 is 17.3 Å². The Bertz CT molecular complexity index is 876. The van der Waals surface area contributed by atoms with E-state index in [1.54, 1.807) is 7.11 Å². The molecule has 2 aliphatic rings. The molecule has 0 radical (unpaired) electrons. The Morgan fingerprint density at radius 3 is 2.71 bits per heavy atom. The molecular weight excluding hydrogens is 350 g/mol. The quantitative estimate of drug-likeness (QED) is 0.787. The predicted molar refractivity (Wildman–Crippen MR) is 112 cm³/mol. The second-order valence-electron chi connectivity index (χ2n) is 7.61. The van der Waals surface area contributed by atoms with E-state index < -0.39 is 0 Å². The second-order valence-corrected chi connectivity index (χ2v) is 7.61. The molecule has 28 heavy (non-hydrogen) atoms. The van der Waals surface area contributed by atoms with Gasteiger partial charge >= 0.3 is 0 Å². The third-order valence-corrected chi connectivity index (χ3v) is 5.63. The van der Waals surface area contributed by atoms with Gasteiger partial charge in [-0.25, -0.2) is 0 Å². The predicted octanol–water partition coefficient (Wildman–Crippen LogP) is 4.13. The van der Waals surface area contributed by atoms with Crippen LogP contribution < -0.4 is 9.75 Å². The molecule has 5 nitrogen and oxygen atoms in total. The molecule has 2 heterocycles. The van der Waals surface area contributed by atoms with Crippen LogP contribution in [0.25, 0.3) is 0 Å². The first-order chi connectivity index (χ1) is 13.6. The van der Waals surface area contributed by atoms with Crippen LogP contribution in [0.15, 0.2) is 53.6 Å². The lowest BCUT2D eigenvalue weighted by molar-refractivity contribution is 0.0736. The number of hydrogen-bond donors (Lipinski definition) is 0. The Morgan fingerprint density at radius 1 is 1.18 bits per heavy atom. The molecular formula is C23H27N3O2. The van der Waals surface area contributed by atoms with Crippen LogP contribution >= 0.6 is 0 Å². The monoisotopic (exact) mass is 377 g/mol. The van der Waals surface area contributed by atoms with E-state index in [0.29, 0.717) is 0 Å². The van der Waals surface area contributed by atoms with Gasteiger partial charge in [0.2, 0.25) is 0 Å². The van der Waals surface area contributed by atoms with Gasteiger partial charge < -0.3 is 9.64 Å². The summed E-state index contributed by atoms with van der Waals surface area (Å²) in [6, 6.07) is 16.2. The second kappa shape index (κ2) is 8.05. The lowest BCUT2D eigenvalue weighted by Gasteiger charge is -2.25. The zero-order valence-electron chi connectivity index (χ0n) is 16.6. The summed E-state index contributed by atoms with van der Waals surface area (Å²) < 4.78 is 5.33. The number of anilines is 1. The lowest BCUT2D eigenvalue weighted by Crippen LogP contribution is -2.36. The maximum Gasteiger partial charge on any atom is 0.254 e. The van der Waals surface area contributed by atoms with Crippen LogP contribution in [0.5, 0.6) is 5.75 Å². The summed E-state index contributed by atoms with van der Waals surface area (Å²) in [6.07, 6.45) is 3.96. The van der Waals surface area contributed by atoms with E-state index in [-0.39, 0.29) is 11.9 Å². The number of rotatable bonds is 5. The first-order valence-corrected chi connectivity index (χ1v) is 9.99. The molecule has 1 saturated heterocycles. The highest BCUT2D eigenvalue weighted by molar-refractivity contribution is 5.95. The summed E-state index contributed by atoms with van der Waals surface area (Å²) >= 11 is 0. The molecule has 1 fully saturated rings. The molecule has 146 valence electrons. The number of nitrogens with zero attached hydrogens (tertiary/aromatic N) is 3. The number of methoxy groups -OCH3 is 1. The standard InChI is InChI=1S/C23H27N3O2/c1-17-12-14-26(24-17)20-10-8-19(9-11-20)23(27)25-13-4-6-21(25)15-18-5-3-7-22(16-18)28-2/h3,5,7-11,16,21H,4,6,12-15H2,1-2H3. The minimum atomic E-state index is 0.123. The smallest absolute Gasteiger partial charge is 0.254 e. The van der Waals surface area contributed by atoms with Crippen molar-refractivity contribution in [3.63, 3.8) is 0 Å². The summed E-state index contributed by atoms with van der Waals surface area (Å²) in [5.41, 5.74) is 4.16. The van der Waals surface area contributed by atoms with Gasteiger partial charge in [0.25, 0.3) is 5.91 Å². The fraction of sp³-hybridized carbons (Fsp3) is 0.391. The van der Waals surface area contributed by atoms with Crippen LogP contribution in [-0.4, -0.2) is 42.8 Å². The maximum absolute atomic E-state index is 13.1. The molecule has 0 aromatic heterocycles. The number of hydrogen-bond acceptors (Lipinski definition) is 4. The van der Waals surface area contributed by atoms with Crippen LogP contribution in [0, 0.1) is 0 Å². The Morgan fingerprint density at radius 2 is 2.00 bits per heavy atom. The topological polar surface area (TPSA) is 45.1 Å². The van der Waals surface area contributed by atoms with Crippen molar-refractivity contribution in [2.75, 3.05) is 25.2 Å². The SMILES string of the molecule is COc1cccc(CC2CCCN2C(=O)c2ccc(N3CCC(C)=N3)cc2)c1. The van der Waals surface area contributed by atoms with Crippen molar-refractivity contribution in [2.45, 2.75) is 38.6 Å². The molecule has 0 aliphatic carbocycles. The highest BCUT2D eigenvalue weighted by atomic mass is 16.5. The lowest BCUT2D eigenvalue weighted by atomic mass is 10.0. The van der Waals surface area contributed by atoms with E-state index in [2.05, 4.69) is 17.2 Å². The number of benzene rings is 2. The molecule has 2 aliphatic heterocycles. The van der Waals surface area contributed by atoms with E-state index in [1.807, 2.05) is 53.2 Å². The van der Waals surface area contributed by atoms with Gasteiger partial charge in [0, 0.05) is 36.8 Å². The largest absolute Gasteiger partial charge is 0.497 e. The van der Waals surface area contributed by atoms with Crippen molar-refractivity contribution in [1.82, 2.24) is 4.90 Å². The summed E-state index contributed by atoms with van der Waals surface area (Å²) in [6.45, 7) is 3.78. The Kier molecular flexibility index (Phi) is 5.33. The average Bonchev–Trinajstić information content (AvgIpc) is 3.37. The number of ether oxygens (including phenoxy) is 1. The van der Waals surface area contributed by atoms with Crippen LogP contribution in [-0.2, 0) is 6.42 Å². The van der Waals surface area contributed by atoms with Crippen LogP contribution in [0.4, 0.5) is 5.69 Å². The highest BCUT2D eigenvalue weighted by Gasteiger charge is 2.29. The molecule has 0 spiro atoms. The molecule has 5 heteroatoms. The van der Waals surface area contributed by atoms with E-state index in [1.165, 1.54) is 5.56 Å². The fourth-order valence-corrected chi connectivity index (χ4v) is 4.09. The molecule has 0 N–H and O–H groups in total. The molecule has 1 amide bonds. The maximum atomic E-state index is 13.1. The van der Waals surface area contributed by atoms with E-state index in [4.69, 9.17) is 4.74 Å². The average molecular weight is 377 g/mol. The van der Waals surface area contributed by atoms with E-state index >= 15 is 0 Å². The molecule has 0 saturated carbocycles. The number of hydrazone groups is 1. The first-order valence-electron chi connectivity index (χ1n) is 9.99. The van der Waals surface area contributed by atoms with Crippen molar-refractivity contribution in [2.24, 2.45) is 5.10 Å². The van der Waals surface area contributed by atoms with E-state index in [0.717, 1.165) is 61.5 Å². The van der Waals surface area contributed by atoms with Gasteiger partial charge in [-0.3, -0.25) is 9.80 Å². The third-order valence-electron chi connectivity index (χ3n) is 5.63. The molecule has 2 aromatic rings. The molecule has 1 atom stereocenters. The molecule has 4 rings (SSSR count). The Labute approximate surface area is 166 Å². The van der Waals surface area contributed by atoms with E-state index in [9.17, 15) is 4.79 Å². The van der Waals surface area contributed by atoms with Crippen LogP contribution in [0.2, 0.25) is 0 Å². The van der Waals surface area contributed by atoms with Gasteiger partial charge in [-0.15, -0.1) is 0 Å². The minimum absolute atomic E-state index is 0.123. The van der Waals surface area contributed by atoms with Crippen molar-refractivity contribution in [3.05, 3.63) is 59.7 Å². The fourth-order valence-electron chi connectivity index (χ4n) is 4.09.